The molecular formula is C17H32N2O3. The van der Waals surface area contributed by atoms with Crippen molar-refractivity contribution in [2.75, 3.05) is 26.7 Å². The molecule has 22 heavy (non-hydrogen) atoms. The minimum Gasteiger partial charge on any atom is -0.392 e. The highest BCUT2D eigenvalue weighted by Crippen LogP contribution is 2.51. The van der Waals surface area contributed by atoms with Crippen LogP contribution in [0.15, 0.2) is 0 Å². The second kappa shape index (κ2) is 6.85. The maximum atomic E-state index is 12.5. The van der Waals surface area contributed by atoms with E-state index in [2.05, 4.69) is 4.90 Å². The fraction of sp³-hybridized carbons (Fsp3) is 0.941. The molecule has 0 bridgehead atoms. The van der Waals surface area contributed by atoms with Crippen molar-refractivity contribution in [2.45, 2.75) is 71.2 Å². The van der Waals surface area contributed by atoms with Gasteiger partial charge >= 0.3 is 0 Å². The van der Waals surface area contributed by atoms with Gasteiger partial charge in [0.15, 0.2) is 0 Å². The number of hydrogen-bond acceptors (Lipinski definition) is 4. The predicted octanol–water partition coefficient (Wildman–Crippen LogP) is 1.49. The van der Waals surface area contributed by atoms with Crippen LogP contribution in [0.2, 0.25) is 0 Å². The van der Waals surface area contributed by atoms with Gasteiger partial charge in [0.1, 0.15) is 0 Å². The Kier molecular flexibility index (Phi) is 5.51. The van der Waals surface area contributed by atoms with Gasteiger partial charge in [-0.1, -0.05) is 0 Å². The maximum Gasteiger partial charge on any atom is 0.239 e. The summed E-state index contributed by atoms with van der Waals surface area (Å²) >= 11 is 0. The molecule has 5 nitrogen and oxygen atoms in total. The molecule has 2 rings (SSSR count). The van der Waals surface area contributed by atoms with Gasteiger partial charge in [-0.15, -0.1) is 0 Å². The summed E-state index contributed by atoms with van der Waals surface area (Å²) in [6.07, 6.45) is 2.55. The van der Waals surface area contributed by atoms with Crippen molar-refractivity contribution in [1.29, 1.82) is 0 Å². The molecule has 1 aliphatic carbocycles. The molecule has 5 heteroatoms. The molecule has 0 aromatic rings. The summed E-state index contributed by atoms with van der Waals surface area (Å²) in [6.45, 7) is 10.5. The third-order valence-corrected chi connectivity index (χ3v) is 5.87. The molecular weight excluding hydrogens is 280 g/mol. The van der Waals surface area contributed by atoms with Crippen molar-refractivity contribution >= 4 is 5.91 Å². The molecule has 1 heterocycles. The number of aliphatic hydroxyl groups is 1. The first-order valence-electron chi connectivity index (χ1n) is 8.64. The Morgan fingerprint density at radius 3 is 2.41 bits per heavy atom. The molecule has 0 unspecified atom stereocenters. The van der Waals surface area contributed by atoms with Crippen LogP contribution < -0.4 is 0 Å². The lowest BCUT2D eigenvalue weighted by atomic mass is 9.58. The first-order valence-corrected chi connectivity index (χ1v) is 8.64. The Labute approximate surface area is 134 Å². The third kappa shape index (κ3) is 3.03. The van der Waals surface area contributed by atoms with Crippen LogP contribution in [0.5, 0.6) is 0 Å². The Morgan fingerprint density at radius 2 is 1.95 bits per heavy atom. The summed E-state index contributed by atoms with van der Waals surface area (Å²) in [5.74, 6) is 0.182. The minimum atomic E-state index is -0.240. The van der Waals surface area contributed by atoms with Crippen molar-refractivity contribution < 1.29 is 14.6 Å². The summed E-state index contributed by atoms with van der Waals surface area (Å²) in [7, 11) is 1.87. The molecule has 3 atom stereocenters. The van der Waals surface area contributed by atoms with Crippen LogP contribution in [0.4, 0.5) is 0 Å². The molecule has 0 radical (unpaired) electrons. The van der Waals surface area contributed by atoms with Crippen LogP contribution >= 0.6 is 0 Å². The number of piperidine rings is 1. The minimum absolute atomic E-state index is 0.0702. The Hall–Kier alpha value is -0.650. The van der Waals surface area contributed by atoms with Gasteiger partial charge in [0.2, 0.25) is 5.91 Å². The van der Waals surface area contributed by atoms with Crippen LogP contribution in [0.1, 0.15) is 47.0 Å². The van der Waals surface area contributed by atoms with Crippen LogP contribution in [-0.4, -0.2) is 71.8 Å². The van der Waals surface area contributed by atoms with Crippen LogP contribution in [-0.2, 0) is 9.53 Å². The normalized spacial score (nSPS) is 29.4. The van der Waals surface area contributed by atoms with Crippen molar-refractivity contribution in [3.8, 4) is 0 Å². The molecule has 2 fully saturated rings. The number of likely N-dealkylation sites (tertiary alicyclic amines) is 1. The van der Waals surface area contributed by atoms with E-state index in [1.165, 1.54) is 0 Å². The number of ether oxygens (including phenoxy) is 1. The number of carbonyl (C=O) groups excluding carboxylic acids is 1. The fourth-order valence-corrected chi connectivity index (χ4v) is 3.85. The monoisotopic (exact) mass is 312 g/mol. The number of likely N-dealkylation sites (N-methyl/N-ethyl adjacent to an activating group) is 1. The average molecular weight is 312 g/mol. The van der Waals surface area contributed by atoms with E-state index in [-0.39, 0.29) is 35.6 Å². The molecule has 0 aromatic carbocycles. The topological polar surface area (TPSA) is 53.0 Å². The largest absolute Gasteiger partial charge is 0.392 e. The zero-order valence-corrected chi connectivity index (χ0v) is 14.7. The van der Waals surface area contributed by atoms with E-state index >= 15 is 0 Å². The lowest BCUT2D eigenvalue weighted by molar-refractivity contribution is -0.211. The van der Waals surface area contributed by atoms with Crippen molar-refractivity contribution in [1.82, 2.24) is 9.80 Å². The van der Waals surface area contributed by atoms with E-state index < -0.39 is 0 Å². The molecule has 1 saturated carbocycles. The van der Waals surface area contributed by atoms with Crippen LogP contribution in [0.25, 0.3) is 0 Å². The maximum absolute atomic E-state index is 12.5. The van der Waals surface area contributed by atoms with Gasteiger partial charge in [0, 0.05) is 31.5 Å². The average Bonchev–Trinajstić information content (AvgIpc) is 2.52. The quantitative estimate of drug-likeness (QED) is 0.836. The zero-order valence-electron chi connectivity index (χ0n) is 14.7. The van der Waals surface area contributed by atoms with Gasteiger partial charge in [0.25, 0.3) is 0 Å². The third-order valence-electron chi connectivity index (χ3n) is 5.87. The van der Waals surface area contributed by atoms with E-state index in [1.807, 2.05) is 39.6 Å². The number of rotatable bonds is 5. The summed E-state index contributed by atoms with van der Waals surface area (Å²) in [6, 6.07) is 0.134. The van der Waals surface area contributed by atoms with Crippen molar-refractivity contribution in [3.05, 3.63) is 0 Å². The molecule has 2 aliphatic rings. The number of aliphatic hydroxyl groups excluding tert-OH is 1. The first kappa shape index (κ1) is 17.7. The number of amides is 1. The fourth-order valence-electron chi connectivity index (χ4n) is 3.85. The van der Waals surface area contributed by atoms with Gasteiger partial charge in [-0.2, -0.15) is 0 Å². The second-order valence-corrected chi connectivity index (χ2v) is 7.18. The molecule has 0 aromatic heterocycles. The number of hydrogen-bond donors (Lipinski definition) is 1. The van der Waals surface area contributed by atoms with Gasteiger partial charge in [-0.3, -0.25) is 9.69 Å². The summed E-state index contributed by atoms with van der Waals surface area (Å²) in [4.78, 5) is 16.5. The number of nitrogens with zero attached hydrogens (tertiary/aromatic N) is 2. The molecule has 128 valence electrons. The molecule has 1 aliphatic heterocycles. The van der Waals surface area contributed by atoms with Gasteiger partial charge in [-0.25, -0.2) is 0 Å². The highest BCUT2D eigenvalue weighted by atomic mass is 16.5. The van der Waals surface area contributed by atoms with E-state index in [4.69, 9.17) is 4.74 Å². The van der Waals surface area contributed by atoms with Crippen LogP contribution in [0, 0.1) is 5.41 Å². The molecule has 1 saturated heterocycles. The van der Waals surface area contributed by atoms with E-state index in [1.54, 1.807) is 0 Å². The highest BCUT2D eigenvalue weighted by Gasteiger charge is 2.56. The first-order chi connectivity index (χ1) is 10.3. The van der Waals surface area contributed by atoms with E-state index in [0.717, 1.165) is 32.4 Å². The van der Waals surface area contributed by atoms with E-state index in [9.17, 15) is 9.90 Å². The highest BCUT2D eigenvalue weighted by molar-refractivity contribution is 5.81. The summed E-state index contributed by atoms with van der Waals surface area (Å²) < 4.78 is 5.80. The predicted molar refractivity (Wildman–Crippen MR) is 86.6 cm³/mol. The second-order valence-electron chi connectivity index (χ2n) is 7.18. The lowest BCUT2D eigenvalue weighted by Gasteiger charge is -2.57. The molecule has 1 amide bonds. The van der Waals surface area contributed by atoms with Crippen molar-refractivity contribution in [2.24, 2.45) is 5.41 Å². The van der Waals surface area contributed by atoms with E-state index in [0.29, 0.717) is 6.61 Å². The Morgan fingerprint density at radius 1 is 1.36 bits per heavy atom. The zero-order chi connectivity index (χ0) is 16.5. The van der Waals surface area contributed by atoms with Gasteiger partial charge in [-0.05, 0) is 53.6 Å². The molecule has 1 spiro atoms. The van der Waals surface area contributed by atoms with Gasteiger partial charge in [0.05, 0.1) is 18.2 Å². The van der Waals surface area contributed by atoms with Crippen molar-refractivity contribution in [3.63, 3.8) is 0 Å². The molecule has 1 N–H and O–H groups in total. The SMILES string of the molecule is CCO[C@@H]1C[C@H](O)C12CCN([C@H](C)C(=O)N(C)C(C)C)CC2. The Bertz CT molecular complexity index is 389. The standard InChI is InChI=1S/C17H32N2O3/c1-6-22-15-11-14(20)17(15)7-9-19(10-8-17)13(4)16(21)18(5)12(2)3/h12-15,20H,6-11H2,1-5H3/t13-,14+,15-/m1/s1. The number of carbonyl (C=O) groups is 1. The van der Waals surface area contributed by atoms with Crippen LogP contribution in [0.3, 0.4) is 0 Å². The van der Waals surface area contributed by atoms with Gasteiger partial charge < -0.3 is 14.7 Å². The Balaban J connectivity index is 1.93. The lowest BCUT2D eigenvalue weighted by Crippen LogP contribution is -2.63. The smallest absolute Gasteiger partial charge is 0.239 e. The summed E-state index contributed by atoms with van der Waals surface area (Å²) in [5, 5.41) is 10.2. The summed E-state index contributed by atoms with van der Waals surface area (Å²) in [5.41, 5.74) is -0.0702.